The van der Waals surface area contributed by atoms with E-state index in [-0.39, 0.29) is 0 Å². The molecule has 1 fully saturated rings. The summed E-state index contributed by atoms with van der Waals surface area (Å²) < 4.78 is 1.23. The second-order valence-corrected chi connectivity index (χ2v) is 6.92. The molecular formula is C14H19ClIN. The van der Waals surface area contributed by atoms with Crippen LogP contribution in [0.25, 0.3) is 0 Å². The maximum atomic E-state index is 6.23. The Morgan fingerprint density at radius 2 is 2.06 bits per heavy atom. The van der Waals surface area contributed by atoms with Gasteiger partial charge in [-0.1, -0.05) is 31.9 Å². The first-order valence-electron chi connectivity index (χ1n) is 6.28. The van der Waals surface area contributed by atoms with Crippen molar-refractivity contribution in [1.29, 1.82) is 0 Å². The molecule has 0 saturated heterocycles. The minimum absolute atomic E-state index is 0.564. The van der Waals surface area contributed by atoms with Gasteiger partial charge in [0.15, 0.2) is 0 Å². The normalized spacial score (nSPS) is 29.1. The molecular weight excluding hydrogens is 345 g/mol. The number of halogens is 2. The molecule has 2 rings (SSSR count). The zero-order valence-corrected chi connectivity index (χ0v) is 13.3. The fourth-order valence-corrected chi connectivity index (χ4v) is 3.20. The molecule has 0 spiro atoms. The highest BCUT2D eigenvalue weighted by atomic mass is 127. The summed E-state index contributed by atoms with van der Waals surface area (Å²) in [6.07, 6.45) is 3.93. The van der Waals surface area contributed by atoms with E-state index in [1.165, 1.54) is 22.8 Å². The van der Waals surface area contributed by atoms with Gasteiger partial charge in [0, 0.05) is 9.61 Å². The summed E-state index contributed by atoms with van der Waals surface area (Å²) >= 11 is 8.56. The molecule has 1 aliphatic rings. The molecule has 0 radical (unpaired) electrons. The van der Waals surface area contributed by atoms with Crippen molar-refractivity contribution in [3.05, 3.63) is 26.8 Å². The molecule has 1 saturated carbocycles. The van der Waals surface area contributed by atoms with Gasteiger partial charge in [-0.2, -0.15) is 0 Å². The second kappa shape index (κ2) is 5.79. The lowest BCUT2D eigenvalue weighted by Crippen LogP contribution is -2.33. The van der Waals surface area contributed by atoms with E-state index in [1.54, 1.807) is 0 Å². The van der Waals surface area contributed by atoms with E-state index >= 15 is 0 Å². The first-order valence-corrected chi connectivity index (χ1v) is 7.73. The van der Waals surface area contributed by atoms with Gasteiger partial charge in [-0.3, -0.25) is 0 Å². The minimum Gasteiger partial charge on any atom is -0.381 e. The van der Waals surface area contributed by atoms with Crippen molar-refractivity contribution in [2.45, 2.75) is 39.2 Å². The molecule has 0 heterocycles. The Balaban J connectivity index is 2.11. The Bertz CT molecular complexity index is 394. The van der Waals surface area contributed by atoms with E-state index in [9.17, 15) is 0 Å². The molecule has 1 nitrogen and oxygen atoms in total. The third kappa shape index (κ3) is 3.50. The van der Waals surface area contributed by atoms with Crippen LogP contribution in [0.4, 0.5) is 5.69 Å². The third-order valence-corrected chi connectivity index (χ3v) is 4.73. The summed E-state index contributed by atoms with van der Waals surface area (Å²) in [6.45, 7) is 4.68. The summed E-state index contributed by atoms with van der Waals surface area (Å²) in [5.74, 6) is 1.56. The third-order valence-electron chi connectivity index (χ3n) is 3.73. The Morgan fingerprint density at radius 3 is 2.82 bits per heavy atom. The molecule has 0 aliphatic heterocycles. The SMILES string of the molecule is CC1CCC(C)C(Nc2cc(I)ccc2Cl)C1. The van der Waals surface area contributed by atoms with Crippen molar-refractivity contribution < 1.29 is 0 Å². The topological polar surface area (TPSA) is 12.0 Å². The molecule has 1 N–H and O–H groups in total. The van der Waals surface area contributed by atoms with Gasteiger partial charge in [-0.15, -0.1) is 0 Å². The van der Waals surface area contributed by atoms with Gasteiger partial charge >= 0.3 is 0 Å². The molecule has 1 aromatic rings. The largest absolute Gasteiger partial charge is 0.381 e. The van der Waals surface area contributed by atoms with Gasteiger partial charge in [0.05, 0.1) is 10.7 Å². The first kappa shape index (κ1) is 13.5. The Morgan fingerprint density at radius 1 is 1.29 bits per heavy atom. The molecule has 17 heavy (non-hydrogen) atoms. The van der Waals surface area contributed by atoms with E-state index < -0.39 is 0 Å². The Kier molecular flexibility index (Phi) is 4.59. The quantitative estimate of drug-likeness (QED) is 0.714. The molecule has 3 atom stereocenters. The van der Waals surface area contributed by atoms with Crippen molar-refractivity contribution in [1.82, 2.24) is 0 Å². The lowest BCUT2D eigenvalue weighted by molar-refractivity contribution is 0.281. The van der Waals surface area contributed by atoms with E-state index in [1.807, 2.05) is 12.1 Å². The predicted octanol–water partition coefficient (Wildman–Crippen LogP) is 5.18. The van der Waals surface area contributed by atoms with Gasteiger partial charge in [0.1, 0.15) is 0 Å². The summed E-state index contributed by atoms with van der Waals surface area (Å²) in [5.41, 5.74) is 1.09. The number of anilines is 1. The molecule has 94 valence electrons. The lowest BCUT2D eigenvalue weighted by atomic mass is 9.80. The molecule has 1 aliphatic carbocycles. The summed E-state index contributed by atoms with van der Waals surface area (Å²) in [7, 11) is 0. The highest BCUT2D eigenvalue weighted by molar-refractivity contribution is 14.1. The van der Waals surface area contributed by atoms with Gasteiger partial charge in [0.2, 0.25) is 0 Å². The summed E-state index contributed by atoms with van der Waals surface area (Å²) in [5, 5.41) is 4.46. The van der Waals surface area contributed by atoms with Gasteiger partial charge in [-0.25, -0.2) is 0 Å². The minimum atomic E-state index is 0.564. The van der Waals surface area contributed by atoms with Crippen LogP contribution in [0.1, 0.15) is 33.1 Å². The lowest BCUT2D eigenvalue weighted by Gasteiger charge is -2.34. The van der Waals surface area contributed by atoms with Crippen LogP contribution in [0.2, 0.25) is 5.02 Å². The Labute approximate surface area is 122 Å². The van der Waals surface area contributed by atoms with Crippen molar-refractivity contribution in [2.24, 2.45) is 11.8 Å². The van der Waals surface area contributed by atoms with Crippen LogP contribution in [0, 0.1) is 15.4 Å². The number of rotatable bonds is 2. The van der Waals surface area contributed by atoms with Crippen LogP contribution >= 0.6 is 34.2 Å². The average molecular weight is 364 g/mol. The number of benzene rings is 1. The predicted molar refractivity (Wildman–Crippen MR) is 83.8 cm³/mol. The fourth-order valence-electron chi connectivity index (χ4n) is 2.54. The monoisotopic (exact) mass is 363 g/mol. The molecule has 3 heteroatoms. The standard InChI is InChI=1S/C14H19ClIN/c1-9-3-4-10(2)13(7-9)17-14-8-11(16)5-6-12(14)15/h5-6,8-10,13,17H,3-4,7H2,1-2H3. The van der Waals surface area contributed by atoms with E-state index in [0.29, 0.717) is 6.04 Å². The number of hydrogen-bond donors (Lipinski definition) is 1. The molecule has 0 bridgehead atoms. The highest BCUT2D eigenvalue weighted by Gasteiger charge is 2.25. The molecule has 3 unspecified atom stereocenters. The van der Waals surface area contributed by atoms with Crippen molar-refractivity contribution in [2.75, 3.05) is 5.32 Å². The summed E-state index contributed by atoms with van der Waals surface area (Å²) in [4.78, 5) is 0. The van der Waals surface area contributed by atoms with Crippen LogP contribution in [0.5, 0.6) is 0 Å². The van der Waals surface area contributed by atoms with Crippen LogP contribution in [-0.2, 0) is 0 Å². The molecule has 1 aromatic carbocycles. The molecule has 0 amide bonds. The maximum absolute atomic E-state index is 6.23. The van der Waals surface area contributed by atoms with E-state index in [0.717, 1.165) is 22.5 Å². The van der Waals surface area contributed by atoms with Crippen LogP contribution in [0.3, 0.4) is 0 Å². The Hall–Kier alpha value is 0.0400. The van der Waals surface area contributed by atoms with Crippen molar-refractivity contribution in [3.63, 3.8) is 0 Å². The smallest absolute Gasteiger partial charge is 0.0638 e. The highest BCUT2D eigenvalue weighted by Crippen LogP contribution is 2.33. The molecule has 0 aromatic heterocycles. The van der Waals surface area contributed by atoms with Gasteiger partial charge in [-0.05, 0) is 65.5 Å². The summed E-state index contributed by atoms with van der Waals surface area (Å²) in [6, 6.07) is 6.72. The van der Waals surface area contributed by atoms with E-state index in [2.05, 4.69) is 47.8 Å². The first-order chi connectivity index (χ1) is 8.06. The zero-order chi connectivity index (χ0) is 12.4. The van der Waals surface area contributed by atoms with Crippen LogP contribution in [-0.4, -0.2) is 6.04 Å². The van der Waals surface area contributed by atoms with Crippen molar-refractivity contribution in [3.8, 4) is 0 Å². The van der Waals surface area contributed by atoms with Crippen molar-refractivity contribution >= 4 is 39.9 Å². The zero-order valence-electron chi connectivity index (χ0n) is 10.3. The van der Waals surface area contributed by atoms with E-state index in [4.69, 9.17) is 11.6 Å². The van der Waals surface area contributed by atoms with Crippen LogP contribution < -0.4 is 5.32 Å². The average Bonchev–Trinajstić information content (AvgIpc) is 2.28. The number of hydrogen-bond acceptors (Lipinski definition) is 1. The second-order valence-electron chi connectivity index (χ2n) is 5.27. The number of nitrogens with one attached hydrogen (secondary N) is 1. The van der Waals surface area contributed by atoms with Gasteiger partial charge < -0.3 is 5.32 Å². The fraction of sp³-hybridized carbons (Fsp3) is 0.571. The van der Waals surface area contributed by atoms with Crippen LogP contribution in [0.15, 0.2) is 18.2 Å². The van der Waals surface area contributed by atoms with Gasteiger partial charge in [0.25, 0.3) is 0 Å². The maximum Gasteiger partial charge on any atom is 0.0638 e.